The van der Waals surface area contributed by atoms with Crippen molar-refractivity contribution < 1.29 is 18.8 Å². The third-order valence-corrected chi connectivity index (χ3v) is 5.47. The van der Waals surface area contributed by atoms with Gasteiger partial charge in [0.15, 0.2) is 5.76 Å². The molecule has 0 aliphatic carbocycles. The number of carbonyl (C=O) groups excluding carboxylic acids is 2. The molecule has 1 N–H and O–H groups in total. The smallest absolute Gasteiger partial charge is 0.256 e. The SMILES string of the molecule is COc1ccc(C(=O)Nc2ccccc2C(=O)N2CCN(Cc3cc(C)no3)CC2)cc1. The zero-order chi connectivity index (χ0) is 22.5. The van der Waals surface area contributed by atoms with Crippen molar-refractivity contribution >= 4 is 17.5 Å². The Morgan fingerprint density at radius 3 is 2.44 bits per heavy atom. The quantitative estimate of drug-likeness (QED) is 0.641. The van der Waals surface area contributed by atoms with Crippen molar-refractivity contribution in [2.75, 3.05) is 38.6 Å². The molecule has 8 heteroatoms. The summed E-state index contributed by atoms with van der Waals surface area (Å²) in [6.07, 6.45) is 0. The molecule has 32 heavy (non-hydrogen) atoms. The minimum atomic E-state index is -0.278. The molecule has 0 saturated carbocycles. The number of rotatable bonds is 6. The number of methoxy groups -OCH3 is 1. The first kappa shape index (κ1) is 21.6. The van der Waals surface area contributed by atoms with E-state index in [4.69, 9.17) is 9.26 Å². The summed E-state index contributed by atoms with van der Waals surface area (Å²) < 4.78 is 10.4. The number of benzene rings is 2. The number of para-hydroxylation sites is 1. The van der Waals surface area contributed by atoms with Gasteiger partial charge in [-0.2, -0.15) is 0 Å². The molecule has 4 rings (SSSR count). The van der Waals surface area contributed by atoms with Crippen LogP contribution in [0.5, 0.6) is 5.75 Å². The Hall–Kier alpha value is -3.65. The van der Waals surface area contributed by atoms with Crippen molar-refractivity contribution in [1.29, 1.82) is 0 Å². The number of nitrogens with zero attached hydrogens (tertiary/aromatic N) is 3. The zero-order valence-electron chi connectivity index (χ0n) is 18.2. The van der Waals surface area contributed by atoms with Gasteiger partial charge in [-0.3, -0.25) is 14.5 Å². The Kier molecular flexibility index (Phi) is 6.51. The molecule has 0 bridgehead atoms. The number of piperazine rings is 1. The Balaban J connectivity index is 1.39. The summed E-state index contributed by atoms with van der Waals surface area (Å²) in [5.41, 5.74) is 2.33. The number of hydrogen-bond donors (Lipinski definition) is 1. The maximum absolute atomic E-state index is 13.2. The molecule has 1 saturated heterocycles. The van der Waals surface area contributed by atoms with Gasteiger partial charge < -0.3 is 19.5 Å². The van der Waals surface area contributed by atoms with E-state index in [1.807, 2.05) is 17.9 Å². The van der Waals surface area contributed by atoms with Gasteiger partial charge in [-0.15, -0.1) is 0 Å². The van der Waals surface area contributed by atoms with Crippen LogP contribution in [0.15, 0.2) is 59.1 Å². The molecule has 0 radical (unpaired) electrons. The first-order chi connectivity index (χ1) is 15.5. The summed E-state index contributed by atoms with van der Waals surface area (Å²) in [5.74, 6) is 1.13. The fraction of sp³-hybridized carbons (Fsp3) is 0.292. The highest BCUT2D eigenvalue weighted by Gasteiger charge is 2.25. The van der Waals surface area contributed by atoms with Gasteiger partial charge in [0.05, 0.1) is 30.6 Å². The van der Waals surface area contributed by atoms with Gasteiger partial charge in [-0.05, 0) is 43.3 Å². The Morgan fingerprint density at radius 1 is 1.06 bits per heavy atom. The van der Waals surface area contributed by atoms with Crippen molar-refractivity contribution in [3.05, 3.63) is 77.2 Å². The Bertz CT molecular complexity index is 1090. The molecule has 0 spiro atoms. The zero-order valence-corrected chi connectivity index (χ0v) is 18.2. The highest BCUT2D eigenvalue weighted by atomic mass is 16.5. The first-order valence-corrected chi connectivity index (χ1v) is 10.5. The number of nitrogens with one attached hydrogen (secondary N) is 1. The molecule has 3 aromatic rings. The third-order valence-electron chi connectivity index (χ3n) is 5.47. The lowest BCUT2D eigenvalue weighted by molar-refractivity contribution is 0.0618. The molecule has 0 atom stereocenters. The summed E-state index contributed by atoms with van der Waals surface area (Å²) in [4.78, 5) is 29.9. The minimum Gasteiger partial charge on any atom is -0.497 e. The van der Waals surface area contributed by atoms with Gasteiger partial charge in [0, 0.05) is 37.8 Å². The molecule has 1 aromatic heterocycles. The summed E-state index contributed by atoms with van der Waals surface area (Å²) in [7, 11) is 1.58. The van der Waals surface area contributed by atoms with Crippen LogP contribution in [0.4, 0.5) is 5.69 Å². The number of carbonyl (C=O) groups is 2. The predicted molar refractivity (Wildman–Crippen MR) is 120 cm³/mol. The van der Waals surface area contributed by atoms with Gasteiger partial charge in [0.1, 0.15) is 5.75 Å². The van der Waals surface area contributed by atoms with Crippen LogP contribution in [-0.4, -0.2) is 60.1 Å². The minimum absolute atomic E-state index is 0.0919. The van der Waals surface area contributed by atoms with Gasteiger partial charge in [0.25, 0.3) is 11.8 Å². The number of amides is 2. The monoisotopic (exact) mass is 434 g/mol. The molecule has 0 unspecified atom stereocenters. The molecular weight excluding hydrogens is 408 g/mol. The van der Waals surface area contributed by atoms with Crippen LogP contribution in [0.1, 0.15) is 32.2 Å². The molecule has 2 heterocycles. The van der Waals surface area contributed by atoms with E-state index < -0.39 is 0 Å². The van der Waals surface area contributed by atoms with Gasteiger partial charge in [0.2, 0.25) is 0 Å². The maximum atomic E-state index is 13.2. The van der Waals surface area contributed by atoms with E-state index in [9.17, 15) is 9.59 Å². The highest BCUT2D eigenvalue weighted by molar-refractivity contribution is 6.09. The first-order valence-electron chi connectivity index (χ1n) is 10.5. The number of aryl methyl sites for hydroxylation is 1. The lowest BCUT2D eigenvalue weighted by atomic mass is 10.1. The van der Waals surface area contributed by atoms with Gasteiger partial charge in [-0.25, -0.2) is 0 Å². The standard InChI is InChI=1S/C24H26N4O4/c1-17-15-20(32-26-17)16-27-11-13-28(14-12-27)24(30)21-5-3-4-6-22(21)25-23(29)18-7-9-19(31-2)10-8-18/h3-10,15H,11-14,16H2,1-2H3,(H,25,29). The normalized spacial score (nSPS) is 14.2. The second kappa shape index (κ2) is 9.65. The largest absolute Gasteiger partial charge is 0.497 e. The average molecular weight is 434 g/mol. The second-order valence-electron chi connectivity index (χ2n) is 7.73. The fourth-order valence-electron chi connectivity index (χ4n) is 3.71. The number of anilines is 1. The van der Waals surface area contributed by atoms with Crippen molar-refractivity contribution in [1.82, 2.24) is 15.0 Å². The molecule has 1 fully saturated rings. The van der Waals surface area contributed by atoms with Crippen LogP contribution in [0.25, 0.3) is 0 Å². The van der Waals surface area contributed by atoms with Crippen LogP contribution in [0.3, 0.4) is 0 Å². The Morgan fingerprint density at radius 2 is 1.78 bits per heavy atom. The molecule has 8 nitrogen and oxygen atoms in total. The van der Waals surface area contributed by atoms with Crippen molar-refractivity contribution in [2.45, 2.75) is 13.5 Å². The lowest BCUT2D eigenvalue weighted by Gasteiger charge is -2.34. The summed E-state index contributed by atoms with van der Waals surface area (Å²) in [6.45, 7) is 5.27. The number of aromatic nitrogens is 1. The van der Waals surface area contributed by atoms with E-state index in [-0.39, 0.29) is 11.8 Å². The fourth-order valence-corrected chi connectivity index (χ4v) is 3.71. The molecular formula is C24H26N4O4. The summed E-state index contributed by atoms with van der Waals surface area (Å²) in [5, 5.41) is 6.79. The van der Waals surface area contributed by atoms with Crippen molar-refractivity contribution in [3.8, 4) is 5.75 Å². The van der Waals surface area contributed by atoms with E-state index in [1.54, 1.807) is 55.6 Å². The highest BCUT2D eigenvalue weighted by Crippen LogP contribution is 2.21. The van der Waals surface area contributed by atoms with Gasteiger partial charge in [-0.1, -0.05) is 17.3 Å². The van der Waals surface area contributed by atoms with E-state index in [1.165, 1.54) is 0 Å². The second-order valence-corrected chi connectivity index (χ2v) is 7.73. The van der Waals surface area contributed by atoms with Crippen LogP contribution in [0.2, 0.25) is 0 Å². The summed E-state index contributed by atoms with van der Waals surface area (Å²) >= 11 is 0. The van der Waals surface area contributed by atoms with Crippen LogP contribution >= 0.6 is 0 Å². The Labute approximate surface area is 186 Å². The number of ether oxygens (including phenoxy) is 1. The molecule has 2 amide bonds. The van der Waals surface area contributed by atoms with Crippen LogP contribution < -0.4 is 10.1 Å². The van der Waals surface area contributed by atoms with Crippen molar-refractivity contribution in [3.63, 3.8) is 0 Å². The van der Waals surface area contributed by atoms with E-state index >= 15 is 0 Å². The molecule has 166 valence electrons. The summed E-state index contributed by atoms with van der Waals surface area (Å²) in [6, 6.07) is 15.9. The van der Waals surface area contributed by atoms with E-state index in [0.717, 1.165) is 24.5 Å². The number of hydrogen-bond acceptors (Lipinski definition) is 6. The van der Waals surface area contributed by atoms with Crippen LogP contribution in [-0.2, 0) is 6.54 Å². The molecule has 1 aliphatic rings. The maximum Gasteiger partial charge on any atom is 0.256 e. The van der Waals surface area contributed by atoms with Gasteiger partial charge >= 0.3 is 0 Å². The van der Waals surface area contributed by atoms with Crippen molar-refractivity contribution in [2.24, 2.45) is 0 Å². The van der Waals surface area contributed by atoms with E-state index in [2.05, 4.69) is 15.4 Å². The molecule has 2 aromatic carbocycles. The predicted octanol–water partition coefficient (Wildman–Crippen LogP) is 3.20. The molecule has 1 aliphatic heterocycles. The topological polar surface area (TPSA) is 87.9 Å². The third kappa shape index (κ3) is 4.97. The van der Waals surface area contributed by atoms with Crippen LogP contribution in [0, 0.1) is 6.92 Å². The average Bonchev–Trinajstić information content (AvgIpc) is 3.24. The lowest BCUT2D eigenvalue weighted by Crippen LogP contribution is -2.48. The van der Waals surface area contributed by atoms with E-state index in [0.29, 0.717) is 42.2 Å².